The quantitative estimate of drug-likeness (QED) is 0.612. The molecule has 1 aromatic heterocycles. The maximum atomic E-state index is 13.0. The summed E-state index contributed by atoms with van der Waals surface area (Å²) in [4.78, 5) is 2.43. The zero-order chi connectivity index (χ0) is 17.4. The van der Waals surface area contributed by atoms with E-state index in [9.17, 15) is 8.42 Å². The summed E-state index contributed by atoms with van der Waals surface area (Å²) >= 11 is 0. The first-order chi connectivity index (χ1) is 12.1. The van der Waals surface area contributed by atoms with Crippen LogP contribution in [0.25, 0.3) is 10.9 Å². The van der Waals surface area contributed by atoms with Gasteiger partial charge in [0.15, 0.2) is 5.03 Å². The lowest BCUT2D eigenvalue weighted by Crippen LogP contribution is -2.43. The van der Waals surface area contributed by atoms with Gasteiger partial charge >= 0.3 is 0 Å². The fourth-order valence-corrected chi connectivity index (χ4v) is 4.41. The molecule has 7 nitrogen and oxygen atoms in total. The van der Waals surface area contributed by atoms with Crippen LogP contribution in [-0.2, 0) is 9.84 Å². The second-order valence-corrected chi connectivity index (χ2v) is 7.95. The van der Waals surface area contributed by atoms with Gasteiger partial charge in [0, 0.05) is 42.9 Å². The van der Waals surface area contributed by atoms with Crippen molar-refractivity contribution in [1.82, 2.24) is 15.5 Å². The molecule has 25 heavy (non-hydrogen) atoms. The minimum absolute atomic E-state index is 0.115. The Hall–Kier alpha value is -2.58. The van der Waals surface area contributed by atoms with E-state index in [1.165, 1.54) is 12.1 Å². The fourth-order valence-electron chi connectivity index (χ4n) is 3.06. The Morgan fingerprint density at radius 3 is 2.48 bits per heavy atom. The number of fused-ring (bicyclic) bond motifs is 1. The topological polar surface area (TPSA) is 104 Å². The van der Waals surface area contributed by atoms with Crippen molar-refractivity contribution in [2.24, 2.45) is 0 Å². The van der Waals surface area contributed by atoms with Crippen LogP contribution in [0.4, 0.5) is 11.4 Å². The number of rotatable bonds is 3. The summed E-state index contributed by atoms with van der Waals surface area (Å²) in [6.45, 7) is 3.62. The molecule has 0 radical (unpaired) electrons. The summed E-state index contributed by atoms with van der Waals surface area (Å²) in [7, 11) is -3.69. The Kier molecular flexibility index (Phi) is 3.85. The van der Waals surface area contributed by atoms with E-state index in [-0.39, 0.29) is 9.92 Å². The SMILES string of the molecule is Nc1ccc(S(=O)(=O)c2[nH]nc3ccc(N4CCNCC4)cc23)cc1. The summed E-state index contributed by atoms with van der Waals surface area (Å²) in [6, 6.07) is 11.9. The van der Waals surface area contributed by atoms with Crippen LogP contribution >= 0.6 is 0 Å². The molecule has 1 saturated heterocycles. The molecule has 0 atom stereocenters. The first kappa shape index (κ1) is 15.9. The van der Waals surface area contributed by atoms with Gasteiger partial charge in [-0.25, -0.2) is 8.42 Å². The number of H-pyrrole nitrogens is 1. The number of nitrogen functional groups attached to an aromatic ring is 1. The molecule has 0 spiro atoms. The van der Waals surface area contributed by atoms with Crippen molar-refractivity contribution in [2.45, 2.75) is 9.92 Å². The van der Waals surface area contributed by atoms with E-state index >= 15 is 0 Å². The molecule has 4 N–H and O–H groups in total. The van der Waals surface area contributed by atoms with Crippen LogP contribution < -0.4 is 16.0 Å². The normalized spacial score (nSPS) is 15.6. The van der Waals surface area contributed by atoms with Gasteiger partial charge < -0.3 is 16.0 Å². The van der Waals surface area contributed by atoms with Crippen LogP contribution in [0.15, 0.2) is 52.4 Å². The number of anilines is 2. The third kappa shape index (κ3) is 2.83. The highest BCUT2D eigenvalue weighted by atomic mass is 32.2. The van der Waals surface area contributed by atoms with Crippen LogP contribution in [0.1, 0.15) is 0 Å². The maximum Gasteiger partial charge on any atom is 0.223 e. The molecule has 0 aliphatic carbocycles. The summed E-state index contributed by atoms with van der Waals surface area (Å²) in [5, 5.41) is 10.9. The highest BCUT2D eigenvalue weighted by Crippen LogP contribution is 2.29. The van der Waals surface area contributed by atoms with Gasteiger partial charge in [-0.1, -0.05) is 0 Å². The van der Waals surface area contributed by atoms with Gasteiger partial charge in [0.2, 0.25) is 9.84 Å². The predicted molar refractivity (Wildman–Crippen MR) is 97.5 cm³/mol. The lowest BCUT2D eigenvalue weighted by Gasteiger charge is -2.29. The third-order valence-electron chi connectivity index (χ3n) is 4.44. The first-order valence-electron chi connectivity index (χ1n) is 8.10. The maximum absolute atomic E-state index is 13.0. The van der Waals surface area contributed by atoms with Crippen molar-refractivity contribution in [1.29, 1.82) is 0 Å². The smallest absolute Gasteiger partial charge is 0.223 e. The molecule has 0 bridgehead atoms. The molecule has 130 valence electrons. The van der Waals surface area contributed by atoms with Crippen LogP contribution in [0, 0.1) is 0 Å². The first-order valence-corrected chi connectivity index (χ1v) is 9.58. The largest absolute Gasteiger partial charge is 0.399 e. The molecule has 0 saturated carbocycles. The lowest BCUT2D eigenvalue weighted by molar-refractivity contribution is 0.589. The minimum atomic E-state index is -3.69. The van der Waals surface area contributed by atoms with Crippen molar-refractivity contribution >= 4 is 32.1 Å². The Bertz CT molecular complexity index is 1010. The predicted octanol–water partition coefficient (Wildman–Crippen LogP) is 1.39. The molecule has 0 amide bonds. The van der Waals surface area contributed by atoms with E-state index in [2.05, 4.69) is 20.4 Å². The van der Waals surface area contributed by atoms with E-state index < -0.39 is 9.84 Å². The molecule has 1 aliphatic heterocycles. The van der Waals surface area contributed by atoms with Crippen molar-refractivity contribution in [3.63, 3.8) is 0 Å². The van der Waals surface area contributed by atoms with Crippen LogP contribution in [-0.4, -0.2) is 44.8 Å². The number of piperazine rings is 1. The number of nitrogens with zero attached hydrogens (tertiary/aromatic N) is 2. The van der Waals surface area contributed by atoms with Crippen molar-refractivity contribution in [3.05, 3.63) is 42.5 Å². The standard InChI is InChI=1S/C17H19N5O2S/c18-12-1-4-14(5-2-12)25(23,24)17-15-11-13(3-6-16(15)20-21-17)22-9-7-19-8-10-22/h1-6,11,19H,7-10,18H2,(H,20,21). The van der Waals surface area contributed by atoms with Crippen molar-refractivity contribution in [2.75, 3.05) is 36.8 Å². The molecular formula is C17H19N5O2S. The third-order valence-corrected chi connectivity index (χ3v) is 6.19. The number of benzene rings is 2. The van der Waals surface area contributed by atoms with Gasteiger partial charge in [-0.15, -0.1) is 0 Å². The lowest BCUT2D eigenvalue weighted by atomic mass is 10.2. The number of nitrogens with two attached hydrogens (primary N) is 1. The Labute approximate surface area is 145 Å². The molecule has 0 unspecified atom stereocenters. The number of nitrogens with one attached hydrogen (secondary N) is 2. The van der Waals surface area contributed by atoms with Gasteiger partial charge in [-0.05, 0) is 42.5 Å². The van der Waals surface area contributed by atoms with Gasteiger partial charge in [-0.2, -0.15) is 5.10 Å². The van der Waals surface area contributed by atoms with Gasteiger partial charge in [0.25, 0.3) is 0 Å². The molecule has 4 rings (SSSR count). The van der Waals surface area contributed by atoms with Crippen molar-refractivity contribution in [3.8, 4) is 0 Å². The zero-order valence-corrected chi connectivity index (χ0v) is 14.4. The highest BCUT2D eigenvalue weighted by Gasteiger charge is 2.23. The number of aromatic amines is 1. The van der Waals surface area contributed by atoms with Gasteiger partial charge in [-0.3, -0.25) is 5.10 Å². The Balaban J connectivity index is 1.80. The average molecular weight is 357 g/mol. The van der Waals surface area contributed by atoms with E-state index in [1.54, 1.807) is 12.1 Å². The second-order valence-electron chi connectivity index (χ2n) is 6.06. The number of sulfone groups is 1. The van der Waals surface area contributed by atoms with E-state index in [1.807, 2.05) is 18.2 Å². The number of aromatic nitrogens is 2. The summed E-state index contributed by atoms with van der Waals surface area (Å²) in [6.07, 6.45) is 0. The second kappa shape index (κ2) is 6.05. The van der Waals surface area contributed by atoms with E-state index in [4.69, 9.17) is 5.73 Å². The highest BCUT2D eigenvalue weighted by molar-refractivity contribution is 7.91. The molecule has 1 fully saturated rings. The fraction of sp³-hybridized carbons (Fsp3) is 0.235. The number of hydrogen-bond donors (Lipinski definition) is 3. The molecule has 8 heteroatoms. The molecule has 3 aromatic rings. The monoisotopic (exact) mass is 357 g/mol. The van der Waals surface area contributed by atoms with Gasteiger partial charge in [0.05, 0.1) is 10.4 Å². The van der Waals surface area contributed by atoms with Crippen LogP contribution in [0.3, 0.4) is 0 Å². The summed E-state index contributed by atoms with van der Waals surface area (Å²) < 4.78 is 25.9. The Morgan fingerprint density at radius 1 is 1.04 bits per heavy atom. The van der Waals surface area contributed by atoms with Crippen LogP contribution in [0.2, 0.25) is 0 Å². The Morgan fingerprint density at radius 2 is 1.76 bits per heavy atom. The summed E-state index contributed by atoms with van der Waals surface area (Å²) in [5.74, 6) is 0. The molecule has 2 aromatic carbocycles. The van der Waals surface area contributed by atoms with Crippen LogP contribution in [0.5, 0.6) is 0 Å². The van der Waals surface area contributed by atoms with E-state index in [0.717, 1.165) is 31.9 Å². The average Bonchev–Trinajstić information content (AvgIpc) is 3.07. The molecule has 1 aliphatic rings. The van der Waals surface area contributed by atoms with Gasteiger partial charge in [0.1, 0.15) is 0 Å². The molecule has 2 heterocycles. The van der Waals surface area contributed by atoms with E-state index in [0.29, 0.717) is 16.6 Å². The minimum Gasteiger partial charge on any atom is -0.399 e. The molecular weight excluding hydrogens is 338 g/mol. The van der Waals surface area contributed by atoms with Crippen molar-refractivity contribution < 1.29 is 8.42 Å². The summed E-state index contributed by atoms with van der Waals surface area (Å²) in [5.41, 5.74) is 7.81. The zero-order valence-electron chi connectivity index (χ0n) is 13.6. The number of hydrogen-bond acceptors (Lipinski definition) is 6.